The lowest BCUT2D eigenvalue weighted by atomic mass is 9.92. The molecule has 0 saturated carbocycles. The second-order valence-electron chi connectivity index (χ2n) is 9.43. The van der Waals surface area contributed by atoms with Crippen LogP contribution in [0.3, 0.4) is 0 Å². The van der Waals surface area contributed by atoms with E-state index in [1.54, 1.807) is 31.6 Å². The second kappa shape index (κ2) is 12.9. The molecule has 0 bridgehead atoms. The van der Waals surface area contributed by atoms with Crippen molar-refractivity contribution in [3.63, 3.8) is 0 Å². The molecule has 9 heteroatoms. The van der Waals surface area contributed by atoms with Gasteiger partial charge in [0.15, 0.2) is 0 Å². The number of methoxy groups -OCH3 is 3. The Bertz CT molecular complexity index is 1160. The maximum atomic E-state index is 14.2. The van der Waals surface area contributed by atoms with Gasteiger partial charge in [0.1, 0.15) is 11.5 Å². The lowest BCUT2D eigenvalue weighted by Crippen LogP contribution is -2.40. The van der Waals surface area contributed by atoms with E-state index >= 15 is 0 Å². The Morgan fingerprint density at radius 3 is 1.65 bits per heavy atom. The number of aromatic nitrogens is 2. The van der Waals surface area contributed by atoms with E-state index in [9.17, 15) is 8.42 Å². The molecule has 2 atom stereocenters. The van der Waals surface area contributed by atoms with Crippen molar-refractivity contribution < 1.29 is 22.6 Å². The van der Waals surface area contributed by atoms with Crippen LogP contribution in [-0.4, -0.2) is 49.3 Å². The molecule has 0 N–H and O–H groups in total. The first-order valence-electron chi connectivity index (χ1n) is 12.3. The minimum atomic E-state index is -3.77. The van der Waals surface area contributed by atoms with Gasteiger partial charge >= 0.3 is 0 Å². The number of ether oxygens (including phenoxy) is 3. The Kier molecular flexibility index (Phi) is 9.88. The highest BCUT2D eigenvalue weighted by Gasteiger charge is 2.36. The van der Waals surface area contributed by atoms with Crippen molar-refractivity contribution in [3.05, 3.63) is 77.7 Å². The van der Waals surface area contributed by atoms with Crippen molar-refractivity contribution in [2.24, 2.45) is 5.92 Å². The summed E-state index contributed by atoms with van der Waals surface area (Å²) in [4.78, 5) is 8.79. The Morgan fingerprint density at radius 2 is 1.27 bits per heavy atom. The zero-order valence-corrected chi connectivity index (χ0v) is 23.2. The Morgan fingerprint density at radius 1 is 0.757 bits per heavy atom. The zero-order valence-electron chi connectivity index (χ0n) is 22.4. The highest BCUT2D eigenvalue weighted by atomic mass is 32.2. The minimum Gasteiger partial charge on any atom is -0.497 e. The average molecular weight is 528 g/mol. The lowest BCUT2D eigenvalue weighted by Gasteiger charge is -2.31. The summed E-state index contributed by atoms with van der Waals surface area (Å²) in [7, 11) is 0.971. The van der Waals surface area contributed by atoms with E-state index in [0.29, 0.717) is 18.0 Å². The smallest absolute Gasteiger partial charge is 0.231 e. The molecule has 0 saturated heterocycles. The van der Waals surface area contributed by atoms with Crippen molar-refractivity contribution >= 4 is 10.0 Å². The topological polar surface area (TPSA) is 90.9 Å². The molecule has 0 aliphatic carbocycles. The Labute approximate surface area is 220 Å². The first-order valence-corrected chi connectivity index (χ1v) is 13.8. The van der Waals surface area contributed by atoms with Crippen LogP contribution in [0.4, 0.5) is 0 Å². The fourth-order valence-electron chi connectivity index (χ4n) is 4.23. The van der Waals surface area contributed by atoms with Gasteiger partial charge in [0.25, 0.3) is 0 Å². The Balaban J connectivity index is 1.97. The summed E-state index contributed by atoms with van der Waals surface area (Å²) in [6, 6.07) is 14.9. The van der Waals surface area contributed by atoms with E-state index in [1.807, 2.05) is 48.5 Å². The van der Waals surface area contributed by atoms with Crippen LogP contribution in [0.1, 0.15) is 49.9 Å². The van der Waals surface area contributed by atoms with Gasteiger partial charge in [-0.1, -0.05) is 38.1 Å². The minimum absolute atomic E-state index is 0.228. The summed E-state index contributed by atoms with van der Waals surface area (Å²) in [6.45, 7) is 6.38. The molecule has 1 heterocycles. The normalized spacial score (nSPS) is 13.4. The molecular weight excluding hydrogens is 490 g/mol. The van der Waals surface area contributed by atoms with Gasteiger partial charge in [-0.25, -0.2) is 13.4 Å². The van der Waals surface area contributed by atoms with Crippen molar-refractivity contribution in [2.45, 2.75) is 51.4 Å². The maximum Gasteiger partial charge on any atom is 0.231 e. The third kappa shape index (κ3) is 7.42. The molecular formula is C28H37N3O5S. The highest BCUT2D eigenvalue weighted by molar-refractivity contribution is 7.89. The van der Waals surface area contributed by atoms with E-state index in [1.165, 1.54) is 13.3 Å². The summed E-state index contributed by atoms with van der Waals surface area (Å²) in [6.07, 6.45) is 3.81. The van der Waals surface area contributed by atoms with Gasteiger partial charge in [0.2, 0.25) is 15.9 Å². The maximum absolute atomic E-state index is 14.2. The molecule has 8 nitrogen and oxygen atoms in total. The molecule has 200 valence electrons. The van der Waals surface area contributed by atoms with Crippen molar-refractivity contribution in [2.75, 3.05) is 21.3 Å². The average Bonchev–Trinajstić information content (AvgIpc) is 2.91. The van der Waals surface area contributed by atoms with E-state index in [2.05, 4.69) is 23.8 Å². The molecule has 0 spiro atoms. The van der Waals surface area contributed by atoms with E-state index in [-0.39, 0.29) is 24.9 Å². The van der Waals surface area contributed by atoms with Gasteiger partial charge < -0.3 is 14.2 Å². The molecule has 0 amide bonds. The molecule has 0 fully saturated rings. The third-order valence-electron chi connectivity index (χ3n) is 6.39. The monoisotopic (exact) mass is 527 g/mol. The van der Waals surface area contributed by atoms with Crippen LogP contribution in [0.2, 0.25) is 0 Å². The van der Waals surface area contributed by atoms with Gasteiger partial charge in [0, 0.05) is 19.0 Å². The summed E-state index contributed by atoms with van der Waals surface area (Å²) in [5.41, 5.74) is 2.38. The summed E-state index contributed by atoms with van der Waals surface area (Å²) in [5, 5.41) is -0.728. The van der Waals surface area contributed by atoms with Crippen LogP contribution < -0.4 is 14.2 Å². The Hall–Kier alpha value is -3.17. The lowest BCUT2D eigenvalue weighted by molar-refractivity contribution is 0.378. The van der Waals surface area contributed by atoms with Crippen LogP contribution in [0.15, 0.2) is 60.9 Å². The first-order chi connectivity index (χ1) is 17.7. The van der Waals surface area contributed by atoms with Crippen LogP contribution in [0.5, 0.6) is 17.4 Å². The number of sulfonamides is 1. The molecule has 2 aromatic carbocycles. The quantitative estimate of drug-likeness (QED) is 0.307. The highest BCUT2D eigenvalue weighted by Crippen LogP contribution is 2.33. The summed E-state index contributed by atoms with van der Waals surface area (Å²) in [5.74, 6) is 1.76. The molecule has 3 aromatic rings. The van der Waals surface area contributed by atoms with E-state index < -0.39 is 15.3 Å². The largest absolute Gasteiger partial charge is 0.497 e. The standard InChI is InChI=1S/C28H37N3O5S/c1-20(2)15-26(27-16-30-28(36-6)17-29-27)21(3)37(32,33)31(18-22-7-11-24(34-4)12-8-22)19-23-9-13-25(35-5)14-10-23/h7-14,16-17,20-21,26H,15,18-19H2,1-6H3/t21-,26+/m0/s1. The molecule has 0 unspecified atom stereocenters. The van der Waals surface area contributed by atoms with Gasteiger partial charge in [-0.05, 0) is 54.7 Å². The van der Waals surface area contributed by atoms with Gasteiger partial charge in [0.05, 0.1) is 44.7 Å². The SMILES string of the molecule is COc1ccc(CN(Cc2ccc(OC)cc2)S(=O)(=O)[C@@H](C)[C@@H](CC(C)C)c2cnc(OC)cn2)cc1. The van der Waals surface area contributed by atoms with Crippen LogP contribution in [0, 0.1) is 5.92 Å². The number of rotatable bonds is 13. The predicted octanol–water partition coefficient (Wildman–Crippen LogP) is 5.05. The fourth-order valence-corrected chi connectivity index (χ4v) is 6.03. The van der Waals surface area contributed by atoms with Crippen LogP contribution >= 0.6 is 0 Å². The third-order valence-corrected chi connectivity index (χ3v) is 8.64. The zero-order chi connectivity index (χ0) is 27.0. The van der Waals surface area contributed by atoms with E-state index in [0.717, 1.165) is 22.6 Å². The molecule has 1 aromatic heterocycles. The van der Waals surface area contributed by atoms with Gasteiger partial charge in [-0.3, -0.25) is 4.98 Å². The second-order valence-corrected chi connectivity index (χ2v) is 11.7. The number of hydrogen-bond donors (Lipinski definition) is 0. The fraction of sp³-hybridized carbons (Fsp3) is 0.429. The van der Waals surface area contributed by atoms with Gasteiger partial charge in [-0.15, -0.1) is 0 Å². The molecule has 3 rings (SSSR count). The summed E-state index contributed by atoms with van der Waals surface area (Å²) >= 11 is 0. The summed E-state index contributed by atoms with van der Waals surface area (Å²) < 4.78 is 45.6. The molecule has 0 aliphatic heterocycles. The van der Waals surface area contributed by atoms with Gasteiger partial charge in [-0.2, -0.15) is 4.31 Å². The molecule has 0 radical (unpaired) electrons. The first kappa shape index (κ1) is 28.4. The van der Waals surface area contributed by atoms with Crippen LogP contribution in [-0.2, 0) is 23.1 Å². The number of benzene rings is 2. The van der Waals surface area contributed by atoms with Crippen molar-refractivity contribution in [3.8, 4) is 17.4 Å². The van der Waals surface area contributed by atoms with Crippen molar-refractivity contribution in [1.82, 2.24) is 14.3 Å². The molecule has 37 heavy (non-hydrogen) atoms. The number of nitrogens with zero attached hydrogens (tertiary/aromatic N) is 3. The molecule has 0 aliphatic rings. The number of hydrogen-bond acceptors (Lipinski definition) is 7. The predicted molar refractivity (Wildman–Crippen MR) is 144 cm³/mol. The van der Waals surface area contributed by atoms with E-state index in [4.69, 9.17) is 14.2 Å². The van der Waals surface area contributed by atoms with Crippen LogP contribution in [0.25, 0.3) is 0 Å². The van der Waals surface area contributed by atoms with Crippen molar-refractivity contribution in [1.29, 1.82) is 0 Å².